The molecule has 0 radical (unpaired) electrons. The first kappa shape index (κ1) is 15.8. The number of anilines is 1. The Morgan fingerprint density at radius 3 is 2.46 bits per heavy atom. The summed E-state index contributed by atoms with van der Waals surface area (Å²) < 4.78 is 40.7. The van der Waals surface area contributed by atoms with Gasteiger partial charge in [-0.25, -0.2) is 22.8 Å². The Balaban J connectivity index is 1.77. The van der Waals surface area contributed by atoms with Crippen molar-refractivity contribution in [2.24, 2.45) is 0 Å². The number of benzene rings is 1. The van der Waals surface area contributed by atoms with E-state index in [0.29, 0.717) is 17.8 Å². The molecule has 0 bridgehead atoms. The topological polar surface area (TPSA) is 87.5 Å². The van der Waals surface area contributed by atoms with Crippen molar-refractivity contribution in [3.8, 4) is 0 Å². The third kappa shape index (κ3) is 2.77. The van der Waals surface area contributed by atoms with Gasteiger partial charge in [0, 0.05) is 24.4 Å². The predicted molar refractivity (Wildman–Crippen MR) is 74.9 cm³/mol. The molecule has 0 aliphatic carbocycles. The van der Waals surface area contributed by atoms with Crippen molar-refractivity contribution < 1.29 is 27.9 Å². The van der Waals surface area contributed by atoms with Gasteiger partial charge in [-0.3, -0.25) is 4.68 Å². The van der Waals surface area contributed by atoms with Crippen LogP contribution in [0.1, 0.15) is 16.1 Å². The van der Waals surface area contributed by atoms with Gasteiger partial charge in [-0.1, -0.05) is 0 Å². The van der Waals surface area contributed by atoms with E-state index in [0.717, 1.165) is 0 Å². The molecule has 1 aliphatic heterocycles. The van der Waals surface area contributed by atoms with Crippen molar-refractivity contribution in [2.75, 3.05) is 11.9 Å². The van der Waals surface area contributed by atoms with Gasteiger partial charge in [0.15, 0.2) is 17.5 Å². The molecule has 1 aromatic carbocycles. The number of carbonyl (C=O) groups is 2. The van der Waals surface area contributed by atoms with Crippen LogP contribution in [0.15, 0.2) is 18.3 Å². The van der Waals surface area contributed by atoms with Crippen molar-refractivity contribution in [1.29, 1.82) is 0 Å². The molecule has 10 heteroatoms. The maximum Gasteiger partial charge on any atom is 0.339 e. The lowest BCUT2D eigenvalue weighted by molar-refractivity contribution is 0.0693. The van der Waals surface area contributed by atoms with Gasteiger partial charge in [0.1, 0.15) is 5.56 Å². The van der Waals surface area contributed by atoms with Gasteiger partial charge in [0.05, 0.1) is 25.0 Å². The number of carboxylic acid groups (broad SMARTS) is 1. The summed E-state index contributed by atoms with van der Waals surface area (Å²) in [5.41, 5.74) is 0.0840. The number of aromatic carboxylic acids is 1. The maximum absolute atomic E-state index is 13.2. The summed E-state index contributed by atoms with van der Waals surface area (Å²) in [7, 11) is 0. The quantitative estimate of drug-likeness (QED) is 0.819. The zero-order valence-electron chi connectivity index (χ0n) is 12.1. The molecular weight excluding hydrogens is 329 g/mol. The Hall–Kier alpha value is -3.04. The Morgan fingerprint density at radius 1 is 1.17 bits per heavy atom. The maximum atomic E-state index is 13.2. The van der Waals surface area contributed by atoms with E-state index in [1.165, 1.54) is 15.8 Å². The summed E-state index contributed by atoms with van der Waals surface area (Å²) in [6, 6.07) is 0.629. The van der Waals surface area contributed by atoms with Crippen molar-refractivity contribution >= 4 is 17.7 Å². The fraction of sp³-hybridized carbons (Fsp3) is 0.214. The number of urea groups is 1. The van der Waals surface area contributed by atoms with Crippen LogP contribution in [-0.4, -0.2) is 38.3 Å². The summed E-state index contributed by atoms with van der Waals surface area (Å²) in [4.78, 5) is 24.6. The molecule has 7 nitrogen and oxygen atoms in total. The van der Waals surface area contributed by atoms with Crippen LogP contribution in [0.4, 0.5) is 23.7 Å². The Bertz CT molecular complexity index is 814. The van der Waals surface area contributed by atoms with Gasteiger partial charge < -0.3 is 15.3 Å². The van der Waals surface area contributed by atoms with Gasteiger partial charge >= 0.3 is 12.0 Å². The molecule has 0 fully saturated rings. The molecule has 2 aromatic rings. The Kier molecular flexibility index (Phi) is 3.87. The molecule has 0 saturated heterocycles. The molecule has 3 rings (SSSR count). The van der Waals surface area contributed by atoms with Crippen LogP contribution in [0.5, 0.6) is 0 Å². The van der Waals surface area contributed by atoms with Crippen molar-refractivity contribution in [3.05, 3.63) is 47.0 Å². The van der Waals surface area contributed by atoms with E-state index in [9.17, 15) is 22.8 Å². The molecule has 2 amide bonds. The first-order valence-corrected chi connectivity index (χ1v) is 6.85. The predicted octanol–water partition coefficient (Wildman–Crippen LogP) is 2.05. The molecule has 126 valence electrons. The van der Waals surface area contributed by atoms with Crippen molar-refractivity contribution in [3.63, 3.8) is 0 Å². The number of amides is 2. The van der Waals surface area contributed by atoms with E-state index < -0.39 is 29.5 Å². The second-order valence-corrected chi connectivity index (χ2v) is 5.14. The molecular formula is C14H11F3N4O3. The lowest BCUT2D eigenvalue weighted by Crippen LogP contribution is -2.41. The number of fused-ring (bicyclic) bond motifs is 1. The number of nitrogens with zero attached hydrogens (tertiary/aromatic N) is 3. The minimum atomic E-state index is -1.62. The van der Waals surface area contributed by atoms with Crippen molar-refractivity contribution in [2.45, 2.75) is 13.1 Å². The van der Waals surface area contributed by atoms with Crippen LogP contribution >= 0.6 is 0 Å². The highest BCUT2D eigenvalue weighted by molar-refractivity contribution is 5.91. The fourth-order valence-electron chi connectivity index (χ4n) is 2.43. The number of aromatic nitrogens is 2. The van der Waals surface area contributed by atoms with Gasteiger partial charge in [-0.15, -0.1) is 0 Å². The summed E-state index contributed by atoms with van der Waals surface area (Å²) in [5, 5.41) is 15.3. The van der Waals surface area contributed by atoms with Crippen LogP contribution in [0.25, 0.3) is 0 Å². The Labute approximate surface area is 133 Å². The SMILES string of the molecule is O=C(O)c1cnn2c1CN(C(=O)Nc1cc(F)c(F)c(F)c1)CC2. The minimum absolute atomic E-state index is 0.0219. The van der Waals surface area contributed by atoms with Gasteiger partial charge in [-0.2, -0.15) is 5.10 Å². The second-order valence-electron chi connectivity index (χ2n) is 5.14. The lowest BCUT2D eigenvalue weighted by Gasteiger charge is -2.28. The summed E-state index contributed by atoms with van der Waals surface area (Å²) in [6.45, 7) is 0.480. The first-order valence-electron chi connectivity index (χ1n) is 6.85. The number of hydrogen-bond donors (Lipinski definition) is 2. The van der Waals surface area contributed by atoms with Crippen LogP contribution in [0.3, 0.4) is 0 Å². The van der Waals surface area contributed by atoms with E-state index in [-0.39, 0.29) is 30.9 Å². The van der Waals surface area contributed by atoms with E-state index >= 15 is 0 Å². The van der Waals surface area contributed by atoms with E-state index in [1.54, 1.807) is 0 Å². The standard InChI is InChI=1S/C14H11F3N4O3/c15-9-3-7(4-10(16)12(9)17)19-14(24)20-1-2-21-11(6-20)8(5-18-21)13(22)23/h3-5H,1-2,6H2,(H,19,24)(H,22,23). The Morgan fingerprint density at radius 2 is 1.83 bits per heavy atom. The van der Waals surface area contributed by atoms with Crippen LogP contribution in [-0.2, 0) is 13.1 Å². The average Bonchev–Trinajstić information content (AvgIpc) is 2.95. The number of carbonyl (C=O) groups excluding carboxylic acids is 1. The highest BCUT2D eigenvalue weighted by atomic mass is 19.2. The monoisotopic (exact) mass is 340 g/mol. The van der Waals surface area contributed by atoms with E-state index in [4.69, 9.17) is 5.11 Å². The largest absolute Gasteiger partial charge is 0.478 e. The summed E-state index contributed by atoms with van der Waals surface area (Å²) in [6.07, 6.45) is 1.20. The number of nitrogens with one attached hydrogen (secondary N) is 1. The molecule has 0 spiro atoms. The van der Waals surface area contributed by atoms with Gasteiger partial charge in [0.25, 0.3) is 0 Å². The average molecular weight is 340 g/mol. The van der Waals surface area contributed by atoms with Gasteiger partial charge in [-0.05, 0) is 0 Å². The van der Waals surface area contributed by atoms with Gasteiger partial charge in [0.2, 0.25) is 0 Å². The molecule has 0 unspecified atom stereocenters. The van der Waals surface area contributed by atoms with Crippen molar-refractivity contribution in [1.82, 2.24) is 14.7 Å². The zero-order valence-corrected chi connectivity index (χ0v) is 12.1. The molecule has 0 saturated carbocycles. The number of hydrogen-bond acceptors (Lipinski definition) is 3. The van der Waals surface area contributed by atoms with E-state index in [2.05, 4.69) is 10.4 Å². The third-order valence-corrected chi connectivity index (χ3v) is 3.62. The second kappa shape index (κ2) is 5.87. The highest BCUT2D eigenvalue weighted by Crippen LogP contribution is 2.20. The summed E-state index contributed by atoms with van der Waals surface area (Å²) in [5.74, 6) is -5.63. The third-order valence-electron chi connectivity index (χ3n) is 3.62. The number of carboxylic acids is 1. The first-order chi connectivity index (χ1) is 11.4. The lowest BCUT2D eigenvalue weighted by atomic mass is 10.2. The number of rotatable bonds is 2. The van der Waals surface area contributed by atoms with Crippen LogP contribution in [0, 0.1) is 17.5 Å². The normalized spacial score (nSPS) is 13.5. The molecule has 1 aliphatic rings. The smallest absolute Gasteiger partial charge is 0.339 e. The minimum Gasteiger partial charge on any atom is -0.478 e. The summed E-state index contributed by atoms with van der Waals surface area (Å²) >= 11 is 0. The van der Waals surface area contributed by atoms with Crippen LogP contribution in [0.2, 0.25) is 0 Å². The van der Waals surface area contributed by atoms with Crippen LogP contribution < -0.4 is 5.32 Å². The molecule has 24 heavy (non-hydrogen) atoms. The zero-order chi connectivity index (χ0) is 17.4. The highest BCUT2D eigenvalue weighted by Gasteiger charge is 2.26. The molecule has 2 N–H and O–H groups in total. The molecule has 0 atom stereocenters. The fourth-order valence-corrected chi connectivity index (χ4v) is 2.43. The van der Waals surface area contributed by atoms with E-state index in [1.807, 2.05) is 0 Å². The molecule has 1 aromatic heterocycles. The molecule has 2 heterocycles. The number of halogens is 3.